The topological polar surface area (TPSA) is 41.6 Å². The Morgan fingerprint density at radius 1 is 1.50 bits per heavy atom. The van der Waals surface area contributed by atoms with Crippen LogP contribution in [0.1, 0.15) is 24.9 Å². The van der Waals surface area contributed by atoms with Crippen molar-refractivity contribution in [2.75, 3.05) is 31.7 Å². The number of ether oxygens (including phenoxy) is 1. The highest BCUT2D eigenvalue weighted by atomic mass is 16.5. The lowest BCUT2D eigenvalue weighted by atomic mass is 9.96. The van der Waals surface area contributed by atoms with Crippen LogP contribution in [0.5, 0.6) is 0 Å². The van der Waals surface area contributed by atoms with Crippen molar-refractivity contribution in [1.82, 2.24) is 5.32 Å². The zero-order chi connectivity index (χ0) is 14.5. The molecule has 108 valence electrons. The van der Waals surface area contributed by atoms with Crippen LogP contribution in [-0.2, 0) is 9.53 Å². The number of nitrogens with one attached hydrogen (secondary N) is 1. The lowest BCUT2D eigenvalue weighted by molar-refractivity contribution is -0.119. The molecule has 0 spiro atoms. The zero-order valence-electron chi connectivity index (χ0n) is 12.2. The van der Waals surface area contributed by atoms with Gasteiger partial charge in [0.1, 0.15) is 0 Å². The summed E-state index contributed by atoms with van der Waals surface area (Å²) in [5, 5.41) is 3.40. The van der Waals surface area contributed by atoms with E-state index in [-0.39, 0.29) is 11.9 Å². The van der Waals surface area contributed by atoms with Gasteiger partial charge in [-0.15, -0.1) is 0 Å². The molecule has 0 aromatic heterocycles. The number of carbonyl (C=O) groups is 1. The average Bonchev–Trinajstić information content (AvgIpc) is 2.43. The number of nitrogens with zero attached hydrogens (tertiary/aromatic N) is 1. The summed E-state index contributed by atoms with van der Waals surface area (Å²) in [6, 6.07) is 8.10. The number of amides is 1. The van der Waals surface area contributed by atoms with Gasteiger partial charge in [0.25, 0.3) is 0 Å². The maximum atomic E-state index is 12.0. The molecule has 0 saturated heterocycles. The van der Waals surface area contributed by atoms with Gasteiger partial charge in [0.05, 0.1) is 13.2 Å². The second kappa shape index (κ2) is 6.68. The monoisotopic (exact) mass is 274 g/mol. The molecule has 0 aliphatic carbocycles. The fourth-order valence-electron chi connectivity index (χ4n) is 2.38. The van der Waals surface area contributed by atoms with Crippen LogP contribution >= 0.6 is 0 Å². The van der Waals surface area contributed by atoms with E-state index in [1.807, 2.05) is 32.2 Å². The van der Waals surface area contributed by atoms with E-state index in [0.29, 0.717) is 19.6 Å². The summed E-state index contributed by atoms with van der Waals surface area (Å²) in [4.78, 5) is 13.7. The van der Waals surface area contributed by atoms with E-state index in [9.17, 15) is 4.79 Å². The third-order valence-corrected chi connectivity index (χ3v) is 3.41. The van der Waals surface area contributed by atoms with Gasteiger partial charge in [-0.2, -0.15) is 0 Å². The van der Waals surface area contributed by atoms with E-state index in [1.54, 1.807) is 4.90 Å². The molecule has 2 rings (SSSR count). The Morgan fingerprint density at radius 2 is 2.25 bits per heavy atom. The molecule has 1 aromatic rings. The zero-order valence-corrected chi connectivity index (χ0v) is 12.2. The van der Waals surface area contributed by atoms with Gasteiger partial charge >= 0.3 is 0 Å². The third-order valence-electron chi connectivity index (χ3n) is 3.41. The number of anilines is 1. The molecule has 1 N–H and O–H groups in total. The highest BCUT2D eigenvalue weighted by molar-refractivity contribution is 5.96. The quantitative estimate of drug-likeness (QED) is 0.639. The van der Waals surface area contributed by atoms with Gasteiger partial charge < -0.3 is 15.0 Å². The van der Waals surface area contributed by atoms with Crippen molar-refractivity contribution in [3.05, 3.63) is 42.0 Å². The van der Waals surface area contributed by atoms with Gasteiger partial charge in [0.2, 0.25) is 5.91 Å². The number of benzene rings is 1. The Balaban J connectivity index is 1.94. The SMILES string of the molecule is C=C(C)COCCNC1CC(=O)N(C)c2ccccc21. The average molecular weight is 274 g/mol. The summed E-state index contributed by atoms with van der Waals surface area (Å²) >= 11 is 0. The molecule has 0 bridgehead atoms. The number of hydrogen-bond acceptors (Lipinski definition) is 3. The van der Waals surface area contributed by atoms with Crippen LogP contribution in [0.2, 0.25) is 0 Å². The third kappa shape index (κ3) is 3.46. The first-order chi connectivity index (χ1) is 9.59. The Kier molecular flexibility index (Phi) is 4.93. The minimum Gasteiger partial charge on any atom is -0.376 e. The first-order valence-electron chi connectivity index (χ1n) is 6.90. The van der Waals surface area contributed by atoms with Crippen LogP contribution in [0, 0.1) is 0 Å². The van der Waals surface area contributed by atoms with Crippen molar-refractivity contribution in [3.8, 4) is 0 Å². The largest absolute Gasteiger partial charge is 0.376 e. The molecule has 1 heterocycles. The van der Waals surface area contributed by atoms with E-state index in [1.165, 1.54) is 5.56 Å². The number of rotatable bonds is 6. The molecule has 1 aliphatic heterocycles. The molecule has 1 unspecified atom stereocenters. The summed E-state index contributed by atoms with van der Waals surface area (Å²) in [7, 11) is 1.83. The number of para-hydroxylation sites is 1. The smallest absolute Gasteiger partial charge is 0.228 e. The fourth-order valence-corrected chi connectivity index (χ4v) is 2.38. The van der Waals surface area contributed by atoms with E-state index in [2.05, 4.69) is 18.0 Å². The summed E-state index contributed by atoms with van der Waals surface area (Å²) in [6.07, 6.45) is 0.494. The van der Waals surface area contributed by atoms with Gasteiger partial charge in [0.15, 0.2) is 0 Å². The van der Waals surface area contributed by atoms with Crippen molar-refractivity contribution >= 4 is 11.6 Å². The van der Waals surface area contributed by atoms with E-state index in [4.69, 9.17) is 4.74 Å². The second-order valence-corrected chi connectivity index (χ2v) is 5.23. The molecule has 4 nitrogen and oxygen atoms in total. The molecule has 4 heteroatoms. The molecule has 20 heavy (non-hydrogen) atoms. The van der Waals surface area contributed by atoms with E-state index >= 15 is 0 Å². The van der Waals surface area contributed by atoms with E-state index < -0.39 is 0 Å². The van der Waals surface area contributed by atoms with Crippen molar-refractivity contribution in [2.24, 2.45) is 0 Å². The van der Waals surface area contributed by atoms with Crippen LogP contribution in [0.4, 0.5) is 5.69 Å². The Hall–Kier alpha value is -1.65. The molecule has 1 atom stereocenters. The summed E-state index contributed by atoms with van der Waals surface area (Å²) in [5.41, 5.74) is 3.18. The Morgan fingerprint density at radius 3 is 3.00 bits per heavy atom. The first-order valence-corrected chi connectivity index (χ1v) is 6.90. The summed E-state index contributed by atoms with van der Waals surface area (Å²) < 4.78 is 5.46. The van der Waals surface area contributed by atoms with Gasteiger partial charge in [0, 0.05) is 31.7 Å². The number of carbonyl (C=O) groups excluding carboxylic acids is 1. The molecular formula is C16H22N2O2. The van der Waals surface area contributed by atoms with Crippen molar-refractivity contribution < 1.29 is 9.53 Å². The highest BCUT2D eigenvalue weighted by Gasteiger charge is 2.28. The van der Waals surface area contributed by atoms with E-state index in [0.717, 1.165) is 17.8 Å². The Bertz CT molecular complexity index is 499. The molecule has 1 aromatic carbocycles. The normalized spacial score (nSPS) is 18.0. The fraction of sp³-hybridized carbons (Fsp3) is 0.438. The van der Waals surface area contributed by atoms with Gasteiger partial charge in [-0.05, 0) is 18.6 Å². The van der Waals surface area contributed by atoms with Crippen LogP contribution in [0.15, 0.2) is 36.4 Å². The maximum absolute atomic E-state index is 12.0. The second-order valence-electron chi connectivity index (χ2n) is 5.23. The van der Waals surface area contributed by atoms with Gasteiger partial charge in [-0.3, -0.25) is 4.79 Å². The molecule has 1 aliphatic rings. The van der Waals surface area contributed by atoms with Crippen molar-refractivity contribution in [1.29, 1.82) is 0 Å². The van der Waals surface area contributed by atoms with Gasteiger partial charge in [-0.25, -0.2) is 0 Å². The molecule has 0 radical (unpaired) electrons. The standard InChI is InChI=1S/C16H22N2O2/c1-12(2)11-20-9-8-17-14-10-16(19)18(3)15-7-5-4-6-13(14)15/h4-7,14,17H,1,8-11H2,2-3H3. The lowest BCUT2D eigenvalue weighted by Crippen LogP contribution is -2.38. The molecular weight excluding hydrogens is 252 g/mol. The van der Waals surface area contributed by atoms with Crippen LogP contribution in [0.25, 0.3) is 0 Å². The molecule has 1 amide bonds. The maximum Gasteiger partial charge on any atom is 0.228 e. The first kappa shape index (κ1) is 14.8. The van der Waals surface area contributed by atoms with Crippen molar-refractivity contribution in [3.63, 3.8) is 0 Å². The van der Waals surface area contributed by atoms with Crippen LogP contribution in [0.3, 0.4) is 0 Å². The molecule has 0 saturated carbocycles. The minimum atomic E-state index is 0.0725. The number of hydrogen-bond donors (Lipinski definition) is 1. The Labute approximate surface area is 120 Å². The predicted octanol–water partition coefficient (Wildman–Crippen LogP) is 2.28. The van der Waals surface area contributed by atoms with Gasteiger partial charge in [-0.1, -0.05) is 30.4 Å². The van der Waals surface area contributed by atoms with Crippen molar-refractivity contribution in [2.45, 2.75) is 19.4 Å². The van der Waals surface area contributed by atoms with Crippen LogP contribution < -0.4 is 10.2 Å². The highest BCUT2D eigenvalue weighted by Crippen LogP contribution is 2.33. The summed E-state index contributed by atoms with van der Waals surface area (Å²) in [6.45, 7) is 7.67. The number of fused-ring (bicyclic) bond motifs is 1. The van der Waals surface area contributed by atoms with Crippen LogP contribution in [-0.4, -0.2) is 32.7 Å². The molecule has 0 fully saturated rings. The minimum absolute atomic E-state index is 0.0725. The predicted molar refractivity (Wildman–Crippen MR) is 80.8 cm³/mol. The summed E-state index contributed by atoms with van der Waals surface area (Å²) in [5.74, 6) is 0.143. The lowest BCUT2D eigenvalue weighted by Gasteiger charge is -2.32.